The molecule has 27 heavy (non-hydrogen) atoms. The molecule has 4 rings (SSSR count). The van der Waals surface area contributed by atoms with Crippen molar-refractivity contribution in [2.75, 3.05) is 13.1 Å². The maximum absolute atomic E-state index is 6.47. The fraction of sp³-hybridized carbons (Fsp3) is 0.524. The number of rotatable bonds is 5. The fourth-order valence-electron chi connectivity index (χ4n) is 4.25. The molecule has 144 valence electrons. The Morgan fingerprint density at radius 1 is 1.30 bits per heavy atom. The summed E-state index contributed by atoms with van der Waals surface area (Å²) in [5, 5.41) is 11.3. The van der Waals surface area contributed by atoms with Crippen molar-refractivity contribution in [3.63, 3.8) is 0 Å². The third-order valence-corrected chi connectivity index (χ3v) is 5.53. The van der Waals surface area contributed by atoms with Gasteiger partial charge in [0.2, 0.25) is 0 Å². The summed E-state index contributed by atoms with van der Waals surface area (Å²) in [6, 6.07) is 10.6. The quantitative estimate of drug-likeness (QED) is 0.629. The van der Waals surface area contributed by atoms with Crippen LogP contribution in [0.5, 0.6) is 5.75 Å². The zero-order chi connectivity index (χ0) is 18.5. The minimum atomic E-state index is -0.0155. The van der Waals surface area contributed by atoms with Gasteiger partial charge in [-0.15, -0.1) is 0 Å². The summed E-state index contributed by atoms with van der Waals surface area (Å²) < 4.78 is 8.38. The van der Waals surface area contributed by atoms with Crippen LogP contribution in [0, 0.1) is 0 Å². The van der Waals surface area contributed by atoms with Crippen LogP contribution in [0.3, 0.4) is 0 Å². The largest absolute Gasteiger partial charge is 0.487 e. The molecule has 0 radical (unpaired) electrons. The zero-order valence-electron chi connectivity index (χ0n) is 16.0. The first-order valence-corrected chi connectivity index (χ1v) is 10.1. The van der Waals surface area contributed by atoms with E-state index in [1.807, 2.05) is 16.9 Å². The molecule has 2 heterocycles. The number of nitrogens with zero attached hydrogens (tertiary/aromatic N) is 3. The second kappa shape index (κ2) is 8.03. The number of para-hydroxylation sites is 1. The van der Waals surface area contributed by atoms with E-state index in [1.54, 1.807) is 6.20 Å². The van der Waals surface area contributed by atoms with Gasteiger partial charge < -0.3 is 15.4 Å². The molecule has 1 aliphatic heterocycles. The average Bonchev–Trinajstić information content (AvgIpc) is 3.34. The van der Waals surface area contributed by atoms with Crippen LogP contribution in [0.2, 0.25) is 0 Å². The molecule has 1 unspecified atom stereocenters. The van der Waals surface area contributed by atoms with Gasteiger partial charge >= 0.3 is 0 Å². The summed E-state index contributed by atoms with van der Waals surface area (Å²) in [5.74, 6) is 1.88. The van der Waals surface area contributed by atoms with Crippen LogP contribution in [0.4, 0.5) is 0 Å². The lowest BCUT2D eigenvalue weighted by Crippen LogP contribution is -2.46. The van der Waals surface area contributed by atoms with Gasteiger partial charge in [0.05, 0.1) is 19.1 Å². The summed E-state index contributed by atoms with van der Waals surface area (Å²) in [6.07, 6.45) is 9.56. The van der Waals surface area contributed by atoms with Gasteiger partial charge in [0.1, 0.15) is 11.4 Å². The Bertz CT molecular complexity index is 765. The maximum Gasteiger partial charge on any atom is 0.191 e. The number of nitrogens with one attached hydrogen (secondary N) is 2. The van der Waals surface area contributed by atoms with Crippen LogP contribution in [0.25, 0.3) is 0 Å². The predicted octanol–water partition coefficient (Wildman–Crippen LogP) is 3.27. The molecule has 1 aromatic carbocycles. The second-order valence-electron chi connectivity index (χ2n) is 7.46. The van der Waals surface area contributed by atoms with E-state index in [-0.39, 0.29) is 11.6 Å². The molecule has 1 saturated carbocycles. The molecule has 1 fully saturated rings. The van der Waals surface area contributed by atoms with E-state index in [0.717, 1.165) is 44.1 Å². The van der Waals surface area contributed by atoms with E-state index >= 15 is 0 Å². The first kappa shape index (κ1) is 17.9. The SMILES string of the molecule is CCNC(=NCCn1cccn1)NC1CC2(CCCC2)Oc2ccccc21. The lowest BCUT2D eigenvalue weighted by Gasteiger charge is -2.40. The first-order valence-electron chi connectivity index (χ1n) is 10.1. The number of ether oxygens (including phenoxy) is 1. The molecule has 1 spiro atoms. The van der Waals surface area contributed by atoms with Crippen LogP contribution >= 0.6 is 0 Å². The highest BCUT2D eigenvalue weighted by atomic mass is 16.5. The van der Waals surface area contributed by atoms with Crippen molar-refractivity contribution < 1.29 is 4.74 Å². The van der Waals surface area contributed by atoms with Gasteiger partial charge in [0, 0.05) is 30.9 Å². The topological polar surface area (TPSA) is 63.5 Å². The highest BCUT2D eigenvalue weighted by Gasteiger charge is 2.43. The minimum absolute atomic E-state index is 0.0155. The van der Waals surface area contributed by atoms with Crippen molar-refractivity contribution in [3.8, 4) is 5.75 Å². The van der Waals surface area contributed by atoms with Crippen LogP contribution in [-0.2, 0) is 6.54 Å². The third-order valence-electron chi connectivity index (χ3n) is 5.53. The van der Waals surface area contributed by atoms with Gasteiger partial charge in [0.25, 0.3) is 0 Å². The van der Waals surface area contributed by atoms with Gasteiger partial charge in [-0.1, -0.05) is 18.2 Å². The number of benzene rings is 1. The number of guanidine groups is 1. The Morgan fingerprint density at radius 3 is 2.93 bits per heavy atom. The molecule has 1 aromatic heterocycles. The van der Waals surface area contributed by atoms with Crippen LogP contribution < -0.4 is 15.4 Å². The molecular formula is C21H29N5O. The molecule has 1 aliphatic carbocycles. The zero-order valence-corrected chi connectivity index (χ0v) is 16.0. The molecule has 0 amide bonds. The lowest BCUT2D eigenvalue weighted by atomic mass is 9.86. The van der Waals surface area contributed by atoms with E-state index in [2.05, 4.69) is 46.9 Å². The average molecular weight is 367 g/mol. The predicted molar refractivity (Wildman–Crippen MR) is 107 cm³/mol. The second-order valence-corrected chi connectivity index (χ2v) is 7.46. The van der Waals surface area contributed by atoms with Crippen molar-refractivity contribution in [3.05, 3.63) is 48.3 Å². The Morgan fingerprint density at radius 2 is 2.15 bits per heavy atom. The molecule has 0 bridgehead atoms. The summed E-state index contributed by atoms with van der Waals surface area (Å²) in [6.45, 7) is 4.40. The Labute approximate surface area is 161 Å². The first-order chi connectivity index (χ1) is 13.3. The molecule has 6 heteroatoms. The third kappa shape index (κ3) is 4.10. The van der Waals surface area contributed by atoms with E-state index in [0.29, 0.717) is 6.54 Å². The number of aliphatic imine (C=N–C) groups is 1. The monoisotopic (exact) mass is 367 g/mol. The molecule has 6 nitrogen and oxygen atoms in total. The molecule has 2 aromatic rings. The van der Waals surface area contributed by atoms with E-state index < -0.39 is 0 Å². The maximum atomic E-state index is 6.47. The molecule has 2 aliphatic rings. The van der Waals surface area contributed by atoms with Gasteiger partial charge in [-0.05, 0) is 44.7 Å². The Hall–Kier alpha value is -2.50. The number of aromatic nitrogens is 2. The van der Waals surface area contributed by atoms with Crippen LogP contribution in [0.15, 0.2) is 47.7 Å². The van der Waals surface area contributed by atoms with Crippen molar-refractivity contribution in [2.24, 2.45) is 4.99 Å². The molecular weight excluding hydrogens is 338 g/mol. The minimum Gasteiger partial charge on any atom is -0.487 e. The molecule has 0 saturated heterocycles. The van der Waals surface area contributed by atoms with Gasteiger partial charge in [0.15, 0.2) is 5.96 Å². The summed E-state index contributed by atoms with van der Waals surface area (Å²) in [4.78, 5) is 4.76. The highest BCUT2D eigenvalue weighted by molar-refractivity contribution is 5.80. The summed E-state index contributed by atoms with van der Waals surface area (Å²) in [7, 11) is 0. The van der Waals surface area contributed by atoms with Crippen LogP contribution in [0.1, 0.15) is 50.6 Å². The Balaban J connectivity index is 1.50. The number of hydrogen-bond donors (Lipinski definition) is 2. The van der Waals surface area contributed by atoms with Crippen molar-refractivity contribution in [2.45, 2.75) is 57.2 Å². The standard InChI is InChI=1S/C21H29N5O/c1-2-22-20(23-13-15-26-14-7-12-24-26)25-18-16-21(10-5-6-11-21)27-19-9-4-3-8-17(18)19/h3-4,7-9,12,14,18H,2,5-6,10-11,13,15-16H2,1H3,(H2,22,23,25). The summed E-state index contributed by atoms with van der Waals surface area (Å²) >= 11 is 0. The normalized spacial score (nSPS) is 20.9. The molecule has 1 atom stereocenters. The molecule has 2 N–H and O–H groups in total. The Kier molecular flexibility index (Phi) is 5.32. The van der Waals surface area contributed by atoms with E-state index in [9.17, 15) is 0 Å². The van der Waals surface area contributed by atoms with Gasteiger partial charge in [-0.3, -0.25) is 9.67 Å². The summed E-state index contributed by atoms with van der Waals surface area (Å²) in [5.41, 5.74) is 1.21. The van der Waals surface area contributed by atoms with Crippen molar-refractivity contribution >= 4 is 5.96 Å². The number of fused-ring (bicyclic) bond motifs is 1. The van der Waals surface area contributed by atoms with Gasteiger partial charge in [-0.2, -0.15) is 5.10 Å². The fourth-order valence-corrected chi connectivity index (χ4v) is 4.25. The smallest absolute Gasteiger partial charge is 0.191 e. The van der Waals surface area contributed by atoms with Crippen molar-refractivity contribution in [1.82, 2.24) is 20.4 Å². The van der Waals surface area contributed by atoms with Crippen LogP contribution in [-0.4, -0.2) is 34.4 Å². The van der Waals surface area contributed by atoms with E-state index in [4.69, 9.17) is 9.73 Å². The van der Waals surface area contributed by atoms with Gasteiger partial charge in [-0.25, -0.2) is 0 Å². The lowest BCUT2D eigenvalue weighted by molar-refractivity contribution is 0.0396. The van der Waals surface area contributed by atoms with E-state index in [1.165, 1.54) is 18.4 Å². The van der Waals surface area contributed by atoms with Crippen molar-refractivity contribution in [1.29, 1.82) is 0 Å². The number of hydrogen-bond acceptors (Lipinski definition) is 3. The highest BCUT2D eigenvalue weighted by Crippen LogP contribution is 2.46.